The lowest BCUT2D eigenvalue weighted by molar-refractivity contribution is -0.385. The second-order valence-electron chi connectivity index (χ2n) is 9.40. The molecule has 3 aromatic rings. The number of aryl methyl sites for hydroxylation is 2. The van der Waals surface area contributed by atoms with E-state index in [0.29, 0.717) is 5.56 Å². The molecule has 0 aromatic heterocycles. The molecule has 0 spiro atoms. The molecule has 1 fully saturated rings. The molecule has 38 heavy (non-hydrogen) atoms. The Morgan fingerprint density at radius 2 is 1.68 bits per heavy atom. The van der Waals surface area contributed by atoms with Gasteiger partial charge in [0.25, 0.3) is 17.5 Å². The number of esters is 1. The average molecular weight is 514 g/mol. The van der Waals surface area contributed by atoms with Gasteiger partial charge >= 0.3 is 5.97 Å². The lowest BCUT2D eigenvalue weighted by atomic mass is 10.1. The highest BCUT2D eigenvalue weighted by Crippen LogP contribution is 2.36. The molecule has 0 saturated carbocycles. The molecular weight excluding hydrogens is 490 g/mol. The fourth-order valence-corrected chi connectivity index (χ4v) is 4.91. The maximum absolute atomic E-state index is 13.0. The van der Waals surface area contributed by atoms with E-state index in [0.717, 1.165) is 21.7 Å². The van der Waals surface area contributed by atoms with Crippen molar-refractivity contribution in [2.24, 2.45) is 5.92 Å². The zero-order valence-electron chi connectivity index (χ0n) is 20.9. The van der Waals surface area contributed by atoms with Crippen LogP contribution in [-0.4, -0.2) is 35.2 Å². The third-order valence-corrected chi connectivity index (χ3v) is 7.04. The van der Waals surface area contributed by atoms with Crippen molar-refractivity contribution in [2.75, 3.05) is 16.3 Å². The molecule has 0 bridgehead atoms. The van der Waals surface area contributed by atoms with Crippen LogP contribution in [0.4, 0.5) is 17.1 Å². The van der Waals surface area contributed by atoms with Crippen molar-refractivity contribution in [1.29, 1.82) is 0 Å². The third-order valence-electron chi connectivity index (χ3n) is 7.04. The predicted octanol–water partition coefficient (Wildman–Crippen LogP) is 4.28. The van der Waals surface area contributed by atoms with Gasteiger partial charge in [-0.05, 0) is 67.8 Å². The first-order chi connectivity index (χ1) is 18.1. The van der Waals surface area contributed by atoms with Gasteiger partial charge in [0.05, 0.1) is 22.1 Å². The van der Waals surface area contributed by atoms with Crippen molar-refractivity contribution >= 4 is 40.8 Å². The Hall–Kier alpha value is -4.86. The van der Waals surface area contributed by atoms with Gasteiger partial charge in [0.1, 0.15) is 11.3 Å². The lowest BCUT2D eigenvalue weighted by Crippen LogP contribution is -2.30. The second-order valence-corrected chi connectivity index (χ2v) is 9.40. The maximum atomic E-state index is 13.0. The summed E-state index contributed by atoms with van der Waals surface area (Å²) >= 11 is 0. The van der Waals surface area contributed by atoms with Gasteiger partial charge in [-0.15, -0.1) is 0 Å². The lowest BCUT2D eigenvalue weighted by Gasteiger charge is -2.20. The van der Waals surface area contributed by atoms with E-state index >= 15 is 0 Å². The molecule has 2 aliphatic heterocycles. The summed E-state index contributed by atoms with van der Waals surface area (Å²) in [6.07, 6.45) is 0.0249. The van der Waals surface area contributed by atoms with E-state index in [9.17, 15) is 29.3 Å². The molecule has 0 unspecified atom stereocenters. The van der Waals surface area contributed by atoms with Gasteiger partial charge in [-0.25, -0.2) is 4.90 Å². The molecular formula is C28H23N3O7. The summed E-state index contributed by atoms with van der Waals surface area (Å²) in [7, 11) is 0. The molecule has 2 aliphatic rings. The molecule has 1 atom stereocenters. The molecule has 2 heterocycles. The zero-order valence-corrected chi connectivity index (χ0v) is 20.9. The first-order valence-corrected chi connectivity index (χ1v) is 11.9. The first kappa shape index (κ1) is 24.8. The van der Waals surface area contributed by atoms with E-state index in [1.165, 1.54) is 36.4 Å². The van der Waals surface area contributed by atoms with E-state index < -0.39 is 34.3 Å². The number of fused-ring (bicyclic) bond motifs is 1. The Bertz CT molecular complexity index is 1560. The van der Waals surface area contributed by atoms with Crippen molar-refractivity contribution < 1.29 is 28.8 Å². The van der Waals surface area contributed by atoms with E-state index in [1.807, 2.05) is 32.0 Å². The summed E-state index contributed by atoms with van der Waals surface area (Å²) in [4.78, 5) is 64.7. The number of amides is 3. The number of ether oxygens (including phenoxy) is 1. The van der Waals surface area contributed by atoms with Crippen LogP contribution in [0.25, 0.3) is 0 Å². The van der Waals surface area contributed by atoms with Gasteiger partial charge in [-0.1, -0.05) is 18.2 Å². The van der Waals surface area contributed by atoms with Crippen molar-refractivity contribution in [2.45, 2.75) is 27.2 Å². The van der Waals surface area contributed by atoms with E-state index in [4.69, 9.17) is 4.74 Å². The van der Waals surface area contributed by atoms with Crippen LogP contribution in [0.2, 0.25) is 0 Å². The number of carbonyl (C=O) groups excluding carboxylic acids is 4. The average Bonchev–Trinajstić information content (AvgIpc) is 3.38. The standard InChI is InChI=1S/C28H23N3O7/c1-15-6-4-8-22(17(15)3)29-14-18(13-24(29)32)28(35)38-19-10-11-21(16(2)12-19)30-26(33)20-7-5-9-23(31(36)37)25(20)27(30)34/h4-12,18H,13-14H2,1-3H3/t18-/m1/s1. The van der Waals surface area contributed by atoms with Crippen molar-refractivity contribution in [3.8, 4) is 5.75 Å². The van der Waals surface area contributed by atoms with Gasteiger partial charge in [0.15, 0.2) is 0 Å². The number of nitro benzene ring substituents is 1. The molecule has 3 aromatic carbocycles. The number of hydrogen-bond donors (Lipinski definition) is 0. The summed E-state index contributed by atoms with van der Waals surface area (Å²) < 4.78 is 5.55. The van der Waals surface area contributed by atoms with Crippen LogP contribution in [0.3, 0.4) is 0 Å². The van der Waals surface area contributed by atoms with Gasteiger partial charge < -0.3 is 9.64 Å². The molecule has 5 rings (SSSR count). The molecule has 10 nitrogen and oxygen atoms in total. The summed E-state index contributed by atoms with van der Waals surface area (Å²) in [6.45, 7) is 5.72. The van der Waals surface area contributed by atoms with Gasteiger partial charge in [-0.3, -0.25) is 29.3 Å². The third kappa shape index (κ3) is 4.00. The molecule has 0 N–H and O–H groups in total. The maximum Gasteiger partial charge on any atom is 0.316 e. The van der Waals surface area contributed by atoms with Crippen LogP contribution in [0.15, 0.2) is 54.6 Å². The highest BCUT2D eigenvalue weighted by atomic mass is 16.6. The van der Waals surface area contributed by atoms with Gasteiger partial charge in [0, 0.05) is 24.7 Å². The molecule has 0 radical (unpaired) electrons. The fourth-order valence-electron chi connectivity index (χ4n) is 4.91. The van der Waals surface area contributed by atoms with Crippen LogP contribution in [0, 0.1) is 36.8 Å². The van der Waals surface area contributed by atoms with Crippen LogP contribution in [0.1, 0.15) is 43.8 Å². The molecule has 192 valence electrons. The minimum atomic E-state index is -0.791. The number of benzene rings is 3. The second kappa shape index (κ2) is 9.22. The Kier molecular flexibility index (Phi) is 6.02. The Morgan fingerprint density at radius 1 is 0.947 bits per heavy atom. The van der Waals surface area contributed by atoms with E-state index in [1.54, 1.807) is 11.8 Å². The number of carbonyl (C=O) groups is 4. The van der Waals surface area contributed by atoms with Crippen molar-refractivity contribution in [1.82, 2.24) is 0 Å². The minimum Gasteiger partial charge on any atom is -0.426 e. The van der Waals surface area contributed by atoms with E-state index in [2.05, 4.69) is 0 Å². The highest BCUT2D eigenvalue weighted by Gasteiger charge is 2.42. The topological polar surface area (TPSA) is 127 Å². The van der Waals surface area contributed by atoms with Crippen LogP contribution in [-0.2, 0) is 9.59 Å². The first-order valence-electron chi connectivity index (χ1n) is 11.9. The summed E-state index contributed by atoms with van der Waals surface area (Å²) in [5.74, 6) is -2.64. The van der Waals surface area contributed by atoms with Crippen LogP contribution in [0.5, 0.6) is 5.75 Å². The number of imide groups is 1. The Morgan fingerprint density at radius 3 is 2.39 bits per heavy atom. The summed E-state index contributed by atoms with van der Waals surface area (Å²) in [5, 5.41) is 11.4. The quantitative estimate of drug-likeness (QED) is 0.164. The van der Waals surface area contributed by atoms with Gasteiger partial charge in [-0.2, -0.15) is 0 Å². The smallest absolute Gasteiger partial charge is 0.316 e. The number of hydrogen-bond acceptors (Lipinski definition) is 7. The highest BCUT2D eigenvalue weighted by molar-refractivity contribution is 6.35. The summed E-state index contributed by atoms with van der Waals surface area (Å²) in [6, 6.07) is 14.0. The largest absolute Gasteiger partial charge is 0.426 e. The monoisotopic (exact) mass is 513 g/mol. The number of rotatable bonds is 5. The zero-order chi connectivity index (χ0) is 27.3. The molecule has 3 amide bonds. The van der Waals surface area contributed by atoms with Crippen molar-refractivity contribution in [3.63, 3.8) is 0 Å². The summed E-state index contributed by atoms with van der Waals surface area (Å²) in [5.41, 5.74) is 2.73. The number of nitrogens with zero attached hydrogens (tertiary/aromatic N) is 3. The minimum absolute atomic E-state index is 0.0249. The van der Waals surface area contributed by atoms with Crippen LogP contribution < -0.4 is 14.5 Å². The normalized spacial score (nSPS) is 16.7. The van der Waals surface area contributed by atoms with E-state index in [-0.39, 0.29) is 41.4 Å². The SMILES string of the molecule is Cc1cc(OC(=O)[C@@H]2CC(=O)N(c3cccc(C)c3C)C2)ccc1N1C(=O)c2cccc([N+](=O)[O-])c2C1=O. The number of nitro groups is 1. The van der Waals surface area contributed by atoms with Gasteiger partial charge in [0.2, 0.25) is 5.91 Å². The van der Waals surface area contributed by atoms with Crippen molar-refractivity contribution in [3.05, 3.63) is 92.5 Å². The molecule has 10 heteroatoms. The fraction of sp³-hybridized carbons (Fsp3) is 0.214. The molecule has 1 saturated heterocycles. The Labute approximate surface area is 217 Å². The van der Waals surface area contributed by atoms with Crippen LogP contribution >= 0.6 is 0 Å². The molecule has 0 aliphatic carbocycles. The number of anilines is 2. The Balaban J connectivity index is 1.33. The predicted molar refractivity (Wildman–Crippen MR) is 137 cm³/mol.